The molecule has 23 heavy (non-hydrogen) atoms. The Kier molecular flexibility index (Phi) is 4.34. The molecule has 1 amide bonds. The molecule has 1 N–H and O–H groups in total. The molecule has 7 heteroatoms. The molecule has 0 saturated carbocycles. The average molecular weight is 361 g/mol. The van der Waals surface area contributed by atoms with E-state index in [0.717, 1.165) is 4.88 Å². The van der Waals surface area contributed by atoms with Gasteiger partial charge in [-0.1, -0.05) is 36.1 Å². The van der Waals surface area contributed by atoms with E-state index in [1.807, 2.05) is 17.5 Å². The van der Waals surface area contributed by atoms with E-state index < -0.39 is 5.97 Å². The standard InChI is InChI=1S/C16H11NO3S3/c1-9-4-5-10(7-12(9)15(19)20)17-14(18)13(23-16(17)21)8-11-3-2-6-22-11/h2-8H,1H3,(H,19,20)/b13-8+. The number of hydrogen-bond donors (Lipinski definition) is 1. The van der Waals surface area contributed by atoms with Crippen molar-refractivity contribution in [2.75, 3.05) is 4.90 Å². The van der Waals surface area contributed by atoms with E-state index in [0.29, 0.717) is 20.5 Å². The summed E-state index contributed by atoms with van der Waals surface area (Å²) in [5, 5.41) is 11.2. The topological polar surface area (TPSA) is 57.6 Å². The summed E-state index contributed by atoms with van der Waals surface area (Å²) >= 11 is 8.06. The molecule has 1 saturated heterocycles. The fourth-order valence-electron chi connectivity index (χ4n) is 2.17. The third kappa shape index (κ3) is 3.08. The molecule has 0 aliphatic carbocycles. The molecule has 3 rings (SSSR count). The van der Waals surface area contributed by atoms with Gasteiger partial charge in [-0.15, -0.1) is 11.3 Å². The minimum absolute atomic E-state index is 0.166. The molecule has 0 radical (unpaired) electrons. The van der Waals surface area contributed by atoms with Crippen LogP contribution in [0.1, 0.15) is 20.8 Å². The Labute approximate surface area is 146 Å². The monoisotopic (exact) mass is 361 g/mol. The molecule has 1 aromatic carbocycles. The molecule has 0 spiro atoms. The molecule has 2 heterocycles. The molecule has 0 unspecified atom stereocenters. The summed E-state index contributed by atoms with van der Waals surface area (Å²) in [6.07, 6.45) is 1.80. The first-order valence-electron chi connectivity index (χ1n) is 6.63. The predicted octanol–water partition coefficient (Wildman–Crippen LogP) is 4.16. The van der Waals surface area contributed by atoms with Gasteiger partial charge in [0.1, 0.15) is 0 Å². The van der Waals surface area contributed by atoms with E-state index >= 15 is 0 Å². The van der Waals surface area contributed by atoms with Crippen LogP contribution in [0.3, 0.4) is 0 Å². The Morgan fingerprint density at radius 1 is 1.35 bits per heavy atom. The van der Waals surface area contributed by atoms with E-state index in [1.54, 1.807) is 25.1 Å². The molecular formula is C16H11NO3S3. The van der Waals surface area contributed by atoms with Gasteiger partial charge in [-0.3, -0.25) is 9.69 Å². The van der Waals surface area contributed by atoms with Gasteiger partial charge in [-0.05, 0) is 42.1 Å². The number of carboxylic acids is 1. The molecule has 0 atom stereocenters. The number of anilines is 1. The van der Waals surface area contributed by atoms with Crippen LogP contribution in [0.5, 0.6) is 0 Å². The van der Waals surface area contributed by atoms with Crippen LogP contribution in [0.25, 0.3) is 6.08 Å². The van der Waals surface area contributed by atoms with E-state index in [1.165, 1.54) is 34.1 Å². The third-order valence-electron chi connectivity index (χ3n) is 3.32. The van der Waals surface area contributed by atoms with Crippen molar-refractivity contribution < 1.29 is 14.7 Å². The highest BCUT2D eigenvalue weighted by Crippen LogP contribution is 2.37. The number of thioether (sulfide) groups is 1. The van der Waals surface area contributed by atoms with E-state index in [4.69, 9.17) is 12.2 Å². The molecular weight excluding hydrogens is 350 g/mol. The normalized spacial score (nSPS) is 16.4. The van der Waals surface area contributed by atoms with Gasteiger partial charge in [0.25, 0.3) is 5.91 Å². The van der Waals surface area contributed by atoms with Crippen molar-refractivity contribution in [3.63, 3.8) is 0 Å². The second kappa shape index (κ2) is 6.27. The Morgan fingerprint density at radius 2 is 2.13 bits per heavy atom. The number of benzene rings is 1. The van der Waals surface area contributed by atoms with Crippen LogP contribution >= 0.6 is 35.3 Å². The summed E-state index contributed by atoms with van der Waals surface area (Å²) in [5.41, 5.74) is 1.28. The number of hydrogen-bond acceptors (Lipinski definition) is 5. The highest BCUT2D eigenvalue weighted by atomic mass is 32.2. The molecule has 1 aliphatic heterocycles. The van der Waals surface area contributed by atoms with Crippen LogP contribution in [0.4, 0.5) is 5.69 Å². The summed E-state index contributed by atoms with van der Waals surface area (Å²) in [6, 6.07) is 8.71. The second-order valence-electron chi connectivity index (χ2n) is 4.84. The lowest BCUT2D eigenvalue weighted by Crippen LogP contribution is -2.27. The van der Waals surface area contributed by atoms with Gasteiger partial charge in [-0.25, -0.2) is 4.79 Å². The van der Waals surface area contributed by atoms with Gasteiger partial charge in [0, 0.05) is 4.88 Å². The highest BCUT2D eigenvalue weighted by molar-refractivity contribution is 8.27. The Bertz CT molecular complexity index is 840. The number of carbonyl (C=O) groups excluding carboxylic acids is 1. The van der Waals surface area contributed by atoms with Crippen molar-refractivity contribution in [2.45, 2.75) is 6.92 Å². The maximum atomic E-state index is 12.6. The largest absolute Gasteiger partial charge is 0.478 e. The molecule has 116 valence electrons. The molecule has 1 fully saturated rings. The SMILES string of the molecule is Cc1ccc(N2C(=O)/C(=C\c3cccs3)SC2=S)cc1C(=O)O. The van der Waals surface area contributed by atoms with Crippen molar-refractivity contribution in [3.8, 4) is 0 Å². The number of aryl methyl sites for hydroxylation is 1. The van der Waals surface area contributed by atoms with Crippen molar-refractivity contribution in [3.05, 3.63) is 56.6 Å². The number of carboxylic acid groups (broad SMARTS) is 1. The van der Waals surface area contributed by atoms with Crippen molar-refractivity contribution >= 4 is 63.3 Å². The van der Waals surface area contributed by atoms with Gasteiger partial charge in [-0.2, -0.15) is 0 Å². The zero-order chi connectivity index (χ0) is 16.6. The second-order valence-corrected chi connectivity index (χ2v) is 7.49. The fraction of sp³-hybridized carbons (Fsp3) is 0.0625. The van der Waals surface area contributed by atoms with Gasteiger partial charge in [0.15, 0.2) is 4.32 Å². The van der Waals surface area contributed by atoms with Crippen molar-refractivity contribution in [2.24, 2.45) is 0 Å². The van der Waals surface area contributed by atoms with Gasteiger partial charge in [0.05, 0.1) is 16.2 Å². The average Bonchev–Trinajstić information content (AvgIpc) is 3.09. The van der Waals surface area contributed by atoms with E-state index in [9.17, 15) is 14.7 Å². The predicted molar refractivity (Wildman–Crippen MR) is 98.1 cm³/mol. The zero-order valence-corrected chi connectivity index (χ0v) is 14.4. The summed E-state index contributed by atoms with van der Waals surface area (Å²) in [5.74, 6) is -1.25. The summed E-state index contributed by atoms with van der Waals surface area (Å²) in [6.45, 7) is 1.72. The Balaban J connectivity index is 1.98. The number of thiophene rings is 1. The van der Waals surface area contributed by atoms with Crippen molar-refractivity contribution in [1.29, 1.82) is 0 Å². The van der Waals surface area contributed by atoms with Crippen LogP contribution in [-0.4, -0.2) is 21.3 Å². The lowest BCUT2D eigenvalue weighted by atomic mass is 10.1. The minimum Gasteiger partial charge on any atom is -0.478 e. The van der Waals surface area contributed by atoms with Gasteiger partial charge in [0.2, 0.25) is 0 Å². The molecule has 2 aromatic rings. The molecule has 1 aliphatic rings. The van der Waals surface area contributed by atoms with Crippen LogP contribution in [0.15, 0.2) is 40.6 Å². The lowest BCUT2D eigenvalue weighted by molar-refractivity contribution is -0.113. The number of rotatable bonds is 3. The van der Waals surface area contributed by atoms with Crippen LogP contribution < -0.4 is 4.90 Å². The maximum absolute atomic E-state index is 12.6. The first kappa shape index (κ1) is 15.9. The third-order valence-corrected chi connectivity index (χ3v) is 5.44. The first-order valence-corrected chi connectivity index (χ1v) is 8.73. The van der Waals surface area contributed by atoms with Crippen LogP contribution in [0, 0.1) is 6.92 Å². The smallest absolute Gasteiger partial charge is 0.336 e. The van der Waals surface area contributed by atoms with E-state index in [-0.39, 0.29) is 11.5 Å². The summed E-state index contributed by atoms with van der Waals surface area (Å²) in [7, 11) is 0. The number of carbonyl (C=O) groups is 2. The number of nitrogens with zero attached hydrogens (tertiary/aromatic N) is 1. The van der Waals surface area contributed by atoms with Gasteiger partial charge < -0.3 is 5.11 Å². The Morgan fingerprint density at radius 3 is 2.78 bits per heavy atom. The number of thiocarbonyl (C=S) groups is 1. The highest BCUT2D eigenvalue weighted by Gasteiger charge is 2.33. The fourth-order valence-corrected chi connectivity index (χ4v) is 4.19. The minimum atomic E-state index is -1.02. The Hall–Kier alpha value is -1.96. The number of amides is 1. The van der Waals surface area contributed by atoms with Crippen LogP contribution in [-0.2, 0) is 4.79 Å². The molecule has 1 aromatic heterocycles. The summed E-state index contributed by atoms with van der Waals surface area (Å²) in [4.78, 5) is 26.8. The maximum Gasteiger partial charge on any atom is 0.336 e. The van der Waals surface area contributed by atoms with Crippen LogP contribution in [0.2, 0.25) is 0 Å². The van der Waals surface area contributed by atoms with Gasteiger partial charge >= 0.3 is 5.97 Å². The first-order chi connectivity index (χ1) is 11.0. The zero-order valence-electron chi connectivity index (χ0n) is 12.0. The molecule has 0 bridgehead atoms. The van der Waals surface area contributed by atoms with Crippen molar-refractivity contribution in [1.82, 2.24) is 0 Å². The lowest BCUT2D eigenvalue weighted by Gasteiger charge is -2.15. The number of aromatic carboxylic acids is 1. The van der Waals surface area contributed by atoms with E-state index in [2.05, 4.69) is 0 Å². The summed E-state index contributed by atoms with van der Waals surface area (Å²) < 4.78 is 0.401. The molecule has 4 nitrogen and oxygen atoms in total. The quantitative estimate of drug-likeness (QED) is 0.657.